The molecule has 15 nitrogen and oxygen atoms in total. The van der Waals surface area contributed by atoms with Crippen LogP contribution in [0.25, 0.3) is 11.0 Å². The highest BCUT2D eigenvalue weighted by Gasteiger charge is 2.63. The number of halogens is 1. The average molecular weight is 815 g/mol. The number of ether oxygens (including phenoxy) is 3. The lowest BCUT2D eigenvalue weighted by Gasteiger charge is -2.34. The van der Waals surface area contributed by atoms with Crippen molar-refractivity contribution in [3.63, 3.8) is 0 Å². The highest BCUT2D eigenvalue weighted by atomic mass is 32.2. The zero-order valence-corrected chi connectivity index (χ0v) is 34.8. The number of amides is 4. The second kappa shape index (κ2) is 15.7. The van der Waals surface area contributed by atoms with E-state index in [1.807, 2.05) is 19.1 Å². The summed E-state index contributed by atoms with van der Waals surface area (Å²) < 4.78 is 59.2. The van der Waals surface area contributed by atoms with Crippen LogP contribution in [0.5, 0.6) is 11.6 Å². The number of carbonyl (C=O) groups excluding carboxylic acids is 4. The Bertz CT molecular complexity index is 2070. The van der Waals surface area contributed by atoms with Gasteiger partial charge in [-0.1, -0.05) is 32.4 Å². The van der Waals surface area contributed by atoms with E-state index in [0.29, 0.717) is 43.3 Å². The summed E-state index contributed by atoms with van der Waals surface area (Å²) in [7, 11) is -2.69. The highest BCUT2D eigenvalue weighted by Crippen LogP contribution is 2.47. The summed E-state index contributed by atoms with van der Waals surface area (Å²) >= 11 is 0. The van der Waals surface area contributed by atoms with E-state index < -0.39 is 79.6 Å². The van der Waals surface area contributed by atoms with Crippen molar-refractivity contribution in [2.24, 2.45) is 17.8 Å². The molecule has 7 atom stereocenters. The number of allylic oxidation sites excluding steroid dienone is 1. The Hall–Kier alpha value is -4.54. The van der Waals surface area contributed by atoms with Gasteiger partial charge < -0.3 is 29.7 Å². The van der Waals surface area contributed by atoms with E-state index in [-0.39, 0.29) is 48.4 Å². The number of hydrogen-bond donors (Lipinski definition) is 3. The lowest BCUT2D eigenvalue weighted by molar-refractivity contribution is -0.142. The van der Waals surface area contributed by atoms with Gasteiger partial charge in [0.15, 0.2) is 11.6 Å². The molecule has 17 heteroatoms. The van der Waals surface area contributed by atoms with Crippen molar-refractivity contribution in [3.05, 3.63) is 35.8 Å². The van der Waals surface area contributed by atoms with Gasteiger partial charge in [-0.05, 0) is 85.0 Å². The Labute approximate surface area is 333 Å². The Morgan fingerprint density at radius 1 is 1.12 bits per heavy atom. The second-order valence-electron chi connectivity index (χ2n) is 17.4. The third-order valence-electron chi connectivity index (χ3n) is 11.6. The second-order valence-corrected chi connectivity index (χ2v) is 19.6. The number of nitrogens with zero attached hydrogens (tertiary/aromatic N) is 3. The van der Waals surface area contributed by atoms with Crippen LogP contribution in [0.1, 0.15) is 98.6 Å². The lowest BCUT2D eigenvalue weighted by atomic mass is 9.85. The molecular weight excluding hydrogens is 760 g/mol. The molecule has 1 unspecified atom stereocenters. The largest absolute Gasteiger partial charge is 0.494 e. The molecule has 3 N–H and O–H groups in total. The van der Waals surface area contributed by atoms with Crippen LogP contribution in [0.4, 0.5) is 9.18 Å². The van der Waals surface area contributed by atoms with E-state index in [1.165, 1.54) is 24.1 Å². The SMILES string of the molecule is CC[C@@H]1C[C@H](C)CC/C=C\C2C[C@@]2(C(=O)NS(=O)(=O)C2(C)CC2)NC(=O)[C@@H]2C[C@@H](Oc3nc4cc(OC)c(F)cc4nc3C)CN2C(=O)[C@H]1NC(=O)OC(C)(C)C. The predicted octanol–water partition coefficient (Wildman–Crippen LogP) is 4.60. The van der Waals surface area contributed by atoms with Crippen LogP contribution in [0.3, 0.4) is 0 Å². The standard InChI is InChI=1S/C40H55FN6O9S/c1-9-24-16-22(2)12-10-11-13-25-20-40(25,36(50)46-57(52,53)39(7)14-15-39)45-33(48)30-17-26(21-47(30)35(49)32(24)44-37(51)56-38(4,5)6)55-34-23(3)42-28-18-27(41)31(54-8)19-29(28)43-34/h11,13,18-19,22,24-26,30,32H,9-10,12,14-17,20-21H2,1-8H3,(H,44,51)(H,45,48)(H,46,50)/b13-11-/t22-,24-,25?,26-,30+,32+,40-/m1/s1. The van der Waals surface area contributed by atoms with E-state index in [2.05, 4.69) is 32.2 Å². The molecule has 6 rings (SSSR count). The van der Waals surface area contributed by atoms with Crippen molar-refractivity contribution in [1.29, 1.82) is 0 Å². The van der Waals surface area contributed by atoms with E-state index in [1.54, 1.807) is 34.6 Å². The smallest absolute Gasteiger partial charge is 0.408 e. The molecule has 3 fully saturated rings. The molecule has 1 aromatic carbocycles. The first kappa shape index (κ1) is 42.1. The van der Waals surface area contributed by atoms with Gasteiger partial charge in [-0.2, -0.15) is 0 Å². The Morgan fingerprint density at radius 3 is 2.47 bits per heavy atom. The number of alkyl carbamates (subject to hydrolysis) is 1. The highest BCUT2D eigenvalue weighted by molar-refractivity contribution is 7.91. The fourth-order valence-corrected chi connectivity index (χ4v) is 9.12. The molecular formula is C40H55FN6O9S. The molecule has 0 radical (unpaired) electrons. The van der Waals surface area contributed by atoms with Gasteiger partial charge in [0.2, 0.25) is 27.7 Å². The first-order valence-electron chi connectivity index (χ1n) is 19.7. The molecule has 4 amide bonds. The molecule has 2 aliphatic carbocycles. The summed E-state index contributed by atoms with van der Waals surface area (Å²) in [5, 5.41) is 5.71. The molecule has 4 aliphatic rings. The summed E-state index contributed by atoms with van der Waals surface area (Å²) in [6.07, 6.45) is 5.69. The molecule has 57 heavy (non-hydrogen) atoms. The number of fused-ring (bicyclic) bond motifs is 3. The molecule has 2 aliphatic heterocycles. The number of nitrogens with one attached hydrogen (secondary N) is 3. The van der Waals surface area contributed by atoms with Crippen molar-refractivity contribution in [1.82, 2.24) is 30.2 Å². The molecule has 2 saturated carbocycles. The number of aromatic nitrogens is 2. The third kappa shape index (κ3) is 8.97. The topological polar surface area (TPSA) is 195 Å². The number of sulfonamides is 1. The molecule has 0 spiro atoms. The first-order valence-corrected chi connectivity index (χ1v) is 21.2. The van der Waals surface area contributed by atoms with Gasteiger partial charge in [-0.3, -0.25) is 19.1 Å². The number of methoxy groups -OCH3 is 1. The van der Waals surface area contributed by atoms with Crippen molar-refractivity contribution in [3.8, 4) is 11.6 Å². The maximum atomic E-state index is 14.9. The molecule has 1 aromatic heterocycles. The fourth-order valence-electron chi connectivity index (χ4n) is 7.81. The van der Waals surface area contributed by atoms with Gasteiger partial charge in [0, 0.05) is 24.5 Å². The van der Waals surface area contributed by atoms with Gasteiger partial charge in [0.25, 0.3) is 5.91 Å². The minimum Gasteiger partial charge on any atom is -0.494 e. The van der Waals surface area contributed by atoms with Crippen molar-refractivity contribution in [2.75, 3.05) is 13.7 Å². The van der Waals surface area contributed by atoms with Crippen molar-refractivity contribution >= 4 is 44.9 Å². The van der Waals surface area contributed by atoms with Crippen molar-refractivity contribution in [2.45, 2.75) is 134 Å². The molecule has 312 valence electrons. The summed E-state index contributed by atoms with van der Waals surface area (Å²) in [5.74, 6) is -3.26. The molecule has 1 saturated heterocycles. The normalized spacial score (nSPS) is 29.5. The number of carbonyl (C=O) groups is 4. The van der Waals surface area contributed by atoms with Crippen LogP contribution in [0.15, 0.2) is 24.3 Å². The maximum absolute atomic E-state index is 14.9. The first-order chi connectivity index (χ1) is 26.7. The third-order valence-corrected chi connectivity index (χ3v) is 13.8. The van der Waals surface area contributed by atoms with Crippen LogP contribution < -0.4 is 24.8 Å². The fraction of sp³-hybridized carbons (Fsp3) is 0.650. The number of hydrogen-bond acceptors (Lipinski definition) is 11. The molecule has 2 aromatic rings. The van der Waals surface area contributed by atoms with Gasteiger partial charge >= 0.3 is 6.09 Å². The predicted molar refractivity (Wildman–Crippen MR) is 208 cm³/mol. The van der Waals surface area contributed by atoms with Crippen LogP contribution in [-0.4, -0.2) is 94.8 Å². The summed E-state index contributed by atoms with van der Waals surface area (Å²) in [5.41, 5.74) is -1.51. The Balaban J connectivity index is 1.37. The number of benzene rings is 1. The van der Waals surface area contributed by atoms with Gasteiger partial charge in [0.1, 0.15) is 35.0 Å². The van der Waals surface area contributed by atoms with E-state index in [4.69, 9.17) is 14.2 Å². The minimum atomic E-state index is -4.03. The zero-order valence-electron chi connectivity index (χ0n) is 33.9. The van der Waals surface area contributed by atoms with E-state index in [0.717, 1.165) is 6.42 Å². The Morgan fingerprint density at radius 2 is 1.82 bits per heavy atom. The van der Waals surface area contributed by atoms with Crippen LogP contribution in [0, 0.1) is 30.5 Å². The van der Waals surface area contributed by atoms with Gasteiger partial charge in [-0.25, -0.2) is 27.6 Å². The van der Waals surface area contributed by atoms with E-state index >= 15 is 0 Å². The Kier molecular flexibility index (Phi) is 11.6. The van der Waals surface area contributed by atoms with Gasteiger partial charge in [0.05, 0.1) is 29.4 Å². The number of aryl methyl sites for hydroxylation is 1. The maximum Gasteiger partial charge on any atom is 0.408 e. The van der Waals surface area contributed by atoms with Crippen LogP contribution in [0.2, 0.25) is 0 Å². The lowest BCUT2D eigenvalue weighted by Crippen LogP contribution is -2.59. The summed E-state index contributed by atoms with van der Waals surface area (Å²) in [6.45, 7) is 12.3. The summed E-state index contributed by atoms with van der Waals surface area (Å²) in [4.78, 5) is 67.1. The average Bonchev–Trinajstić information content (AvgIpc) is 4.00. The van der Waals surface area contributed by atoms with Gasteiger partial charge in [-0.15, -0.1) is 0 Å². The zero-order chi connectivity index (χ0) is 41.7. The summed E-state index contributed by atoms with van der Waals surface area (Å²) in [6, 6.07) is 0.328. The van der Waals surface area contributed by atoms with E-state index in [9.17, 15) is 32.0 Å². The molecule has 3 heterocycles. The van der Waals surface area contributed by atoms with Crippen LogP contribution in [-0.2, 0) is 29.1 Å². The monoisotopic (exact) mass is 814 g/mol. The number of rotatable bonds is 8. The molecule has 0 bridgehead atoms. The minimum absolute atomic E-state index is 0.0332. The van der Waals surface area contributed by atoms with Crippen LogP contribution >= 0.6 is 0 Å². The quantitative estimate of drug-likeness (QED) is 0.315. The van der Waals surface area contributed by atoms with Crippen molar-refractivity contribution < 1.29 is 46.2 Å².